The van der Waals surface area contributed by atoms with Crippen molar-refractivity contribution in [2.24, 2.45) is 0 Å². The van der Waals surface area contributed by atoms with Gasteiger partial charge in [-0.3, -0.25) is 9.78 Å². The molecular formula is C19H17F4N5. The second-order valence-corrected chi connectivity index (χ2v) is 6.95. The fourth-order valence-corrected chi connectivity index (χ4v) is 3.41. The van der Waals surface area contributed by atoms with Gasteiger partial charge in [0.15, 0.2) is 0 Å². The lowest BCUT2D eigenvalue weighted by atomic mass is 10.0. The van der Waals surface area contributed by atoms with Crippen molar-refractivity contribution in [3.63, 3.8) is 0 Å². The van der Waals surface area contributed by atoms with Crippen LogP contribution in [0.3, 0.4) is 0 Å². The largest absolute Gasteiger partial charge is 0.280 e. The maximum atomic E-state index is 13.6. The van der Waals surface area contributed by atoms with Gasteiger partial charge in [0.25, 0.3) is 12.9 Å². The molecule has 28 heavy (non-hydrogen) atoms. The number of pyridine rings is 1. The van der Waals surface area contributed by atoms with Gasteiger partial charge in [0.05, 0.1) is 17.4 Å². The third kappa shape index (κ3) is 2.81. The summed E-state index contributed by atoms with van der Waals surface area (Å²) in [4.78, 5) is 4.00. The van der Waals surface area contributed by atoms with Crippen LogP contribution in [0.25, 0.3) is 33.2 Å². The van der Waals surface area contributed by atoms with Crippen molar-refractivity contribution in [3.05, 3.63) is 41.2 Å². The van der Waals surface area contributed by atoms with E-state index in [9.17, 15) is 17.6 Å². The zero-order valence-corrected chi connectivity index (χ0v) is 15.3. The zero-order chi connectivity index (χ0) is 20.2. The predicted octanol–water partition coefficient (Wildman–Crippen LogP) is 5.74. The molecule has 4 rings (SSSR count). The number of nitrogens with one attached hydrogen (secondary N) is 1. The highest BCUT2D eigenvalue weighted by Crippen LogP contribution is 2.37. The summed E-state index contributed by atoms with van der Waals surface area (Å²) in [5.41, 5.74) is 1.57. The molecule has 0 fully saturated rings. The summed E-state index contributed by atoms with van der Waals surface area (Å²) in [7, 11) is 0. The molecule has 0 aliphatic carbocycles. The Morgan fingerprint density at radius 1 is 1.00 bits per heavy atom. The number of fused-ring (bicyclic) bond motifs is 2. The molecule has 4 aromatic rings. The molecule has 0 amide bonds. The first-order valence-electron chi connectivity index (χ1n) is 8.71. The normalized spacial score (nSPS) is 12.4. The molecule has 0 saturated heterocycles. The highest BCUT2D eigenvalue weighted by atomic mass is 19.3. The van der Waals surface area contributed by atoms with E-state index in [4.69, 9.17) is 0 Å². The summed E-state index contributed by atoms with van der Waals surface area (Å²) in [5, 5.41) is 12.0. The van der Waals surface area contributed by atoms with Crippen LogP contribution in [0.4, 0.5) is 17.6 Å². The molecule has 5 nitrogen and oxygen atoms in total. The Balaban J connectivity index is 2.11. The molecule has 0 aliphatic heterocycles. The molecule has 0 aliphatic rings. The Morgan fingerprint density at radius 2 is 1.75 bits per heavy atom. The maximum absolute atomic E-state index is 13.6. The summed E-state index contributed by atoms with van der Waals surface area (Å²) in [6.45, 7) is 5.56. The minimum Gasteiger partial charge on any atom is -0.278 e. The Hall–Kier alpha value is -2.97. The Kier molecular flexibility index (Phi) is 4.32. The molecule has 0 spiro atoms. The number of benzene rings is 1. The van der Waals surface area contributed by atoms with Gasteiger partial charge in [-0.15, -0.1) is 0 Å². The zero-order valence-electron chi connectivity index (χ0n) is 15.3. The smallest absolute Gasteiger partial charge is 0.278 e. The summed E-state index contributed by atoms with van der Waals surface area (Å²) >= 11 is 0. The molecule has 0 atom stereocenters. The average molecular weight is 391 g/mol. The van der Waals surface area contributed by atoms with Gasteiger partial charge in [-0.25, -0.2) is 22.5 Å². The van der Waals surface area contributed by atoms with Gasteiger partial charge in [-0.1, -0.05) is 0 Å². The number of rotatable bonds is 4. The molecular weight excluding hydrogens is 374 g/mol. The second kappa shape index (κ2) is 6.57. The fraction of sp³-hybridized carbons (Fsp3) is 0.316. The number of nitrogens with zero attached hydrogens (tertiary/aromatic N) is 4. The van der Waals surface area contributed by atoms with Crippen LogP contribution in [0, 0.1) is 6.92 Å². The van der Waals surface area contributed by atoms with Gasteiger partial charge in [0, 0.05) is 22.6 Å². The van der Waals surface area contributed by atoms with Crippen molar-refractivity contribution in [1.82, 2.24) is 25.0 Å². The van der Waals surface area contributed by atoms with Crippen molar-refractivity contribution in [2.75, 3.05) is 0 Å². The molecule has 0 radical (unpaired) electrons. The highest BCUT2D eigenvalue weighted by molar-refractivity contribution is 5.95. The SMILES string of the molecule is Cc1cc(-c2c3nc(C(F)F)cc(C(F)F)c3nn2C(C)C)cc2cn[nH]c12. The Morgan fingerprint density at radius 3 is 2.39 bits per heavy atom. The van der Waals surface area contributed by atoms with Crippen molar-refractivity contribution in [1.29, 1.82) is 0 Å². The molecule has 3 heterocycles. The number of halogens is 4. The average Bonchev–Trinajstić information content (AvgIpc) is 3.24. The van der Waals surface area contributed by atoms with Gasteiger partial charge < -0.3 is 0 Å². The third-order valence-electron chi connectivity index (χ3n) is 4.67. The lowest BCUT2D eigenvalue weighted by Crippen LogP contribution is -2.05. The lowest BCUT2D eigenvalue weighted by molar-refractivity contribution is 0.141. The van der Waals surface area contributed by atoms with Crippen LogP contribution in [-0.4, -0.2) is 25.0 Å². The molecule has 0 bridgehead atoms. The maximum Gasteiger partial charge on any atom is 0.280 e. The monoisotopic (exact) mass is 391 g/mol. The molecule has 3 aromatic heterocycles. The van der Waals surface area contributed by atoms with Crippen LogP contribution in [-0.2, 0) is 0 Å². The van der Waals surface area contributed by atoms with Crippen molar-refractivity contribution in [2.45, 2.75) is 39.7 Å². The number of hydrogen-bond donors (Lipinski definition) is 1. The minimum absolute atomic E-state index is 0.0454. The minimum atomic E-state index is -2.96. The second-order valence-electron chi connectivity index (χ2n) is 6.95. The van der Waals surface area contributed by atoms with Crippen LogP contribution in [0.5, 0.6) is 0 Å². The Bertz CT molecular complexity index is 1180. The van der Waals surface area contributed by atoms with E-state index in [0.29, 0.717) is 11.3 Å². The van der Waals surface area contributed by atoms with E-state index in [2.05, 4.69) is 20.3 Å². The summed E-state index contributed by atoms with van der Waals surface area (Å²) < 4.78 is 55.4. The van der Waals surface area contributed by atoms with Crippen molar-refractivity contribution < 1.29 is 17.6 Å². The summed E-state index contributed by atoms with van der Waals surface area (Å²) in [6, 6.07) is 4.21. The van der Waals surface area contributed by atoms with E-state index >= 15 is 0 Å². The number of aromatic amines is 1. The van der Waals surface area contributed by atoms with E-state index in [-0.39, 0.29) is 17.1 Å². The summed E-state index contributed by atoms with van der Waals surface area (Å²) in [6.07, 6.45) is -4.26. The topological polar surface area (TPSA) is 59.4 Å². The third-order valence-corrected chi connectivity index (χ3v) is 4.67. The molecule has 9 heteroatoms. The van der Waals surface area contributed by atoms with E-state index in [1.54, 1.807) is 10.9 Å². The standard InChI is InChI=1S/C19H17F4N5/c1-8(2)28-17(10-4-9(3)14-11(5-10)7-24-26-14)16-15(27-28)12(18(20)21)6-13(25-16)19(22)23/h4-8,18-19H,1-3H3,(H,24,26). The number of H-pyrrole nitrogens is 1. The molecule has 146 valence electrons. The molecule has 0 unspecified atom stereocenters. The van der Waals surface area contributed by atoms with E-state index in [1.165, 1.54) is 0 Å². The number of alkyl halides is 4. The van der Waals surface area contributed by atoms with Gasteiger partial charge in [0.2, 0.25) is 0 Å². The number of aromatic nitrogens is 5. The van der Waals surface area contributed by atoms with Gasteiger partial charge in [-0.2, -0.15) is 10.2 Å². The van der Waals surface area contributed by atoms with E-state index < -0.39 is 24.1 Å². The molecule has 0 saturated carbocycles. The van der Waals surface area contributed by atoms with Crippen molar-refractivity contribution in [3.8, 4) is 11.3 Å². The predicted molar refractivity (Wildman–Crippen MR) is 97.7 cm³/mol. The van der Waals surface area contributed by atoms with Gasteiger partial charge in [-0.05, 0) is 44.5 Å². The first-order valence-corrected chi connectivity index (χ1v) is 8.71. The van der Waals surface area contributed by atoms with Gasteiger partial charge in [0.1, 0.15) is 16.7 Å². The lowest BCUT2D eigenvalue weighted by Gasteiger charge is -2.12. The van der Waals surface area contributed by atoms with E-state index in [0.717, 1.165) is 22.5 Å². The van der Waals surface area contributed by atoms with Crippen LogP contribution >= 0.6 is 0 Å². The quantitative estimate of drug-likeness (QED) is 0.451. The number of hydrogen-bond acceptors (Lipinski definition) is 3. The van der Waals surface area contributed by atoms with Crippen LogP contribution in [0.15, 0.2) is 24.4 Å². The molecule has 1 aromatic carbocycles. The first kappa shape index (κ1) is 18.4. The van der Waals surface area contributed by atoms with Crippen LogP contribution in [0.2, 0.25) is 0 Å². The van der Waals surface area contributed by atoms with Gasteiger partial charge >= 0.3 is 0 Å². The molecule has 1 N–H and O–H groups in total. The highest BCUT2D eigenvalue weighted by Gasteiger charge is 2.26. The summed E-state index contributed by atoms with van der Waals surface area (Å²) in [5.74, 6) is 0. The fourth-order valence-electron chi connectivity index (χ4n) is 3.41. The Labute approximate surface area is 157 Å². The number of aryl methyl sites for hydroxylation is 1. The van der Waals surface area contributed by atoms with E-state index in [1.807, 2.05) is 32.9 Å². The van der Waals surface area contributed by atoms with Crippen molar-refractivity contribution >= 4 is 21.9 Å². The van der Waals surface area contributed by atoms with Crippen LogP contribution < -0.4 is 0 Å². The van der Waals surface area contributed by atoms with Crippen LogP contribution in [0.1, 0.15) is 49.6 Å². The first-order chi connectivity index (χ1) is 13.3.